The molecular formula is C18H21ClO. The quantitative estimate of drug-likeness (QED) is 0.852. The molecule has 0 aliphatic carbocycles. The third kappa shape index (κ3) is 3.05. The highest BCUT2D eigenvalue weighted by Gasteiger charge is 2.13. The van der Waals surface area contributed by atoms with E-state index in [2.05, 4.69) is 26.0 Å². The molecule has 2 aromatic carbocycles. The molecule has 2 heteroatoms. The van der Waals surface area contributed by atoms with Crippen LogP contribution in [-0.4, -0.2) is 5.11 Å². The van der Waals surface area contributed by atoms with Crippen molar-refractivity contribution in [1.29, 1.82) is 0 Å². The average Bonchev–Trinajstić information content (AvgIpc) is 2.48. The molecule has 0 saturated carbocycles. The Labute approximate surface area is 126 Å². The SMILES string of the molecule is CCc1ccc(C(O)c2ccc(C)c(Cl)c2)cc1CC. The molecule has 0 heterocycles. The molecule has 2 rings (SSSR count). The first-order chi connectivity index (χ1) is 9.56. The second kappa shape index (κ2) is 6.43. The van der Waals surface area contributed by atoms with Crippen molar-refractivity contribution < 1.29 is 5.11 Å². The van der Waals surface area contributed by atoms with Crippen LogP contribution in [0.25, 0.3) is 0 Å². The Morgan fingerprint density at radius 1 is 0.950 bits per heavy atom. The largest absolute Gasteiger partial charge is 0.384 e. The van der Waals surface area contributed by atoms with Gasteiger partial charge in [-0.3, -0.25) is 0 Å². The van der Waals surface area contributed by atoms with E-state index in [0.717, 1.165) is 29.5 Å². The normalized spacial score (nSPS) is 12.4. The first-order valence-corrected chi connectivity index (χ1v) is 7.50. The maximum absolute atomic E-state index is 10.5. The molecule has 1 atom stereocenters. The number of aliphatic hydroxyl groups excluding tert-OH is 1. The van der Waals surface area contributed by atoms with Crippen molar-refractivity contribution in [1.82, 2.24) is 0 Å². The van der Waals surface area contributed by atoms with Gasteiger partial charge in [-0.1, -0.05) is 55.8 Å². The summed E-state index contributed by atoms with van der Waals surface area (Å²) in [7, 11) is 0. The lowest BCUT2D eigenvalue weighted by Crippen LogP contribution is -2.02. The smallest absolute Gasteiger partial charge is 0.104 e. The number of hydrogen-bond donors (Lipinski definition) is 1. The van der Waals surface area contributed by atoms with E-state index in [1.54, 1.807) is 0 Å². The summed E-state index contributed by atoms with van der Waals surface area (Å²) in [5, 5.41) is 11.2. The second-order valence-corrected chi connectivity index (χ2v) is 5.55. The minimum atomic E-state index is -0.621. The number of benzene rings is 2. The van der Waals surface area contributed by atoms with Gasteiger partial charge >= 0.3 is 0 Å². The molecule has 0 spiro atoms. The number of aliphatic hydroxyl groups is 1. The molecular weight excluding hydrogens is 268 g/mol. The van der Waals surface area contributed by atoms with E-state index in [1.807, 2.05) is 31.2 Å². The molecule has 0 fully saturated rings. The van der Waals surface area contributed by atoms with E-state index in [0.29, 0.717) is 5.02 Å². The van der Waals surface area contributed by atoms with E-state index in [9.17, 15) is 5.11 Å². The van der Waals surface area contributed by atoms with Crippen molar-refractivity contribution in [2.24, 2.45) is 0 Å². The van der Waals surface area contributed by atoms with Crippen molar-refractivity contribution >= 4 is 11.6 Å². The molecule has 0 saturated heterocycles. The third-order valence-corrected chi connectivity index (χ3v) is 4.23. The van der Waals surface area contributed by atoms with E-state index in [4.69, 9.17) is 11.6 Å². The van der Waals surface area contributed by atoms with Crippen molar-refractivity contribution in [3.8, 4) is 0 Å². The Bertz CT molecular complexity index is 604. The van der Waals surface area contributed by atoms with Crippen molar-refractivity contribution in [3.63, 3.8) is 0 Å². The van der Waals surface area contributed by atoms with Gasteiger partial charge in [-0.15, -0.1) is 0 Å². The molecule has 1 N–H and O–H groups in total. The Balaban J connectivity index is 2.37. The van der Waals surface area contributed by atoms with Crippen molar-refractivity contribution in [2.75, 3.05) is 0 Å². The number of rotatable bonds is 4. The standard InChI is InChI=1S/C18H21ClO/c1-4-13-8-9-15(10-14(13)5-2)18(20)16-7-6-12(3)17(19)11-16/h6-11,18,20H,4-5H2,1-3H3. The number of hydrogen-bond acceptors (Lipinski definition) is 1. The van der Waals surface area contributed by atoms with Gasteiger partial charge in [-0.25, -0.2) is 0 Å². The summed E-state index contributed by atoms with van der Waals surface area (Å²) in [5.74, 6) is 0. The zero-order valence-corrected chi connectivity index (χ0v) is 13.0. The van der Waals surface area contributed by atoms with Crippen LogP contribution in [0.1, 0.15) is 47.8 Å². The molecule has 0 bridgehead atoms. The molecule has 0 aromatic heterocycles. The predicted octanol–water partition coefficient (Wildman–Crippen LogP) is 4.85. The molecule has 20 heavy (non-hydrogen) atoms. The van der Waals surface area contributed by atoms with Crippen LogP contribution in [0.2, 0.25) is 5.02 Å². The van der Waals surface area contributed by atoms with Gasteiger partial charge in [0.2, 0.25) is 0 Å². The highest BCUT2D eigenvalue weighted by molar-refractivity contribution is 6.31. The Morgan fingerprint density at radius 3 is 2.15 bits per heavy atom. The zero-order chi connectivity index (χ0) is 14.7. The fraction of sp³-hybridized carbons (Fsp3) is 0.333. The Kier molecular flexibility index (Phi) is 4.85. The first kappa shape index (κ1) is 15.1. The Hall–Kier alpha value is -1.31. The highest BCUT2D eigenvalue weighted by Crippen LogP contribution is 2.27. The minimum Gasteiger partial charge on any atom is -0.384 e. The highest BCUT2D eigenvalue weighted by atomic mass is 35.5. The van der Waals surface area contributed by atoms with Crippen molar-refractivity contribution in [3.05, 3.63) is 69.2 Å². The molecule has 0 aliphatic rings. The lowest BCUT2D eigenvalue weighted by atomic mass is 9.94. The monoisotopic (exact) mass is 288 g/mol. The van der Waals surface area contributed by atoms with Crippen molar-refractivity contribution in [2.45, 2.75) is 39.7 Å². The Morgan fingerprint density at radius 2 is 1.55 bits per heavy atom. The molecule has 106 valence electrons. The van der Waals surface area contributed by atoms with Crippen LogP contribution in [0.15, 0.2) is 36.4 Å². The van der Waals surface area contributed by atoms with Crippen LogP contribution < -0.4 is 0 Å². The maximum Gasteiger partial charge on any atom is 0.104 e. The van der Waals surface area contributed by atoms with Crippen LogP contribution in [0.4, 0.5) is 0 Å². The fourth-order valence-electron chi connectivity index (χ4n) is 2.46. The van der Waals surface area contributed by atoms with Gasteiger partial charge in [0.15, 0.2) is 0 Å². The van der Waals surface area contributed by atoms with Gasteiger partial charge in [0.25, 0.3) is 0 Å². The summed E-state index contributed by atoms with van der Waals surface area (Å²) in [5.41, 5.74) is 5.46. The van der Waals surface area contributed by atoms with Crippen LogP contribution in [0.5, 0.6) is 0 Å². The lowest BCUT2D eigenvalue weighted by Gasteiger charge is -2.15. The van der Waals surface area contributed by atoms with Gasteiger partial charge in [-0.05, 0) is 53.6 Å². The molecule has 0 amide bonds. The summed E-state index contributed by atoms with van der Waals surface area (Å²) in [6.45, 7) is 6.27. The van der Waals surface area contributed by atoms with Gasteiger partial charge in [0.05, 0.1) is 0 Å². The predicted molar refractivity (Wildman–Crippen MR) is 85.4 cm³/mol. The lowest BCUT2D eigenvalue weighted by molar-refractivity contribution is 0.220. The molecule has 1 nitrogen and oxygen atoms in total. The number of aryl methyl sites for hydroxylation is 3. The molecule has 2 aromatic rings. The second-order valence-electron chi connectivity index (χ2n) is 5.15. The molecule has 0 aliphatic heterocycles. The van der Waals surface area contributed by atoms with Crippen LogP contribution in [0.3, 0.4) is 0 Å². The van der Waals surface area contributed by atoms with Gasteiger partial charge in [0, 0.05) is 5.02 Å². The first-order valence-electron chi connectivity index (χ1n) is 7.12. The fourth-order valence-corrected chi connectivity index (χ4v) is 2.65. The topological polar surface area (TPSA) is 20.2 Å². The van der Waals surface area contributed by atoms with E-state index >= 15 is 0 Å². The summed E-state index contributed by atoms with van der Waals surface area (Å²) in [6.07, 6.45) is 1.39. The zero-order valence-electron chi connectivity index (χ0n) is 12.3. The van der Waals surface area contributed by atoms with Crippen LogP contribution in [0, 0.1) is 6.92 Å². The van der Waals surface area contributed by atoms with Gasteiger partial charge in [-0.2, -0.15) is 0 Å². The molecule has 0 radical (unpaired) electrons. The van der Waals surface area contributed by atoms with Crippen LogP contribution in [-0.2, 0) is 12.8 Å². The van der Waals surface area contributed by atoms with Gasteiger partial charge in [0.1, 0.15) is 6.10 Å². The third-order valence-electron chi connectivity index (χ3n) is 3.82. The maximum atomic E-state index is 10.5. The minimum absolute atomic E-state index is 0.621. The summed E-state index contributed by atoms with van der Waals surface area (Å²) in [6, 6.07) is 12.0. The van der Waals surface area contributed by atoms with E-state index in [1.165, 1.54) is 11.1 Å². The molecule has 1 unspecified atom stereocenters. The van der Waals surface area contributed by atoms with E-state index in [-0.39, 0.29) is 0 Å². The van der Waals surface area contributed by atoms with Gasteiger partial charge < -0.3 is 5.11 Å². The number of halogens is 1. The summed E-state index contributed by atoms with van der Waals surface area (Å²) >= 11 is 6.14. The van der Waals surface area contributed by atoms with E-state index < -0.39 is 6.10 Å². The summed E-state index contributed by atoms with van der Waals surface area (Å²) in [4.78, 5) is 0. The van der Waals surface area contributed by atoms with Crippen LogP contribution >= 0.6 is 11.6 Å². The summed E-state index contributed by atoms with van der Waals surface area (Å²) < 4.78 is 0. The average molecular weight is 289 g/mol.